The van der Waals surface area contributed by atoms with Crippen LogP contribution in [0.5, 0.6) is 0 Å². The summed E-state index contributed by atoms with van der Waals surface area (Å²) < 4.78 is 1.78. The van der Waals surface area contributed by atoms with Gasteiger partial charge in [0.05, 0.1) is 11.1 Å². The molecule has 0 bridgehead atoms. The Kier molecular flexibility index (Phi) is 8.05. The molecule has 0 fully saturated rings. The molecular formula is C25H30N4O3S2. The highest BCUT2D eigenvalue weighted by Crippen LogP contribution is 2.35. The summed E-state index contributed by atoms with van der Waals surface area (Å²) >= 11 is 2.94. The fourth-order valence-electron chi connectivity index (χ4n) is 4.23. The Balaban J connectivity index is 1.49. The number of nitrogens with zero attached hydrogens (tertiary/aromatic N) is 2. The first kappa shape index (κ1) is 24.5. The van der Waals surface area contributed by atoms with Gasteiger partial charge in [0.25, 0.3) is 5.56 Å². The molecule has 2 N–H and O–H groups in total. The lowest BCUT2D eigenvalue weighted by molar-refractivity contribution is -0.114. The number of thiophene rings is 1. The number of aryl methyl sites for hydroxylation is 2. The first-order chi connectivity index (χ1) is 16.5. The number of benzene rings is 1. The van der Waals surface area contributed by atoms with Crippen molar-refractivity contribution in [3.63, 3.8) is 0 Å². The van der Waals surface area contributed by atoms with Crippen LogP contribution in [0.15, 0.2) is 34.2 Å². The zero-order valence-corrected chi connectivity index (χ0v) is 21.2. The topological polar surface area (TPSA) is 93.1 Å². The number of hydrogen-bond acceptors (Lipinski definition) is 6. The molecule has 0 unspecified atom stereocenters. The fraction of sp³-hybridized carbons (Fsp3) is 0.440. The van der Waals surface area contributed by atoms with Crippen LogP contribution in [-0.2, 0) is 29.0 Å². The van der Waals surface area contributed by atoms with E-state index in [1.165, 1.54) is 29.1 Å². The zero-order chi connectivity index (χ0) is 24.1. The normalized spacial score (nSPS) is 12.6. The summed E-state index contributed by atoms with van der Waals surface area (Å²) in [6.45, 7) is 4.24. The number of carbonyl (C=O) groups is 2. The molecular weight excluding hydrogens is 468 g/mol. The molecule has 1 aliphatic rings. The van der Waals surface area contributed by atoms with Crippen LogP contribution in [0.2, 0.25) is 0 Å². The molecule has 0 radical (unpaired) electrons. The number of rotatable bonds is 10. The SMILES string of the molecule is CCCCCCn1c(SCC(=O)Nc2ccc(NC(C)=O)cc2)nc2sc3c(c2c1=O)CCC3. The highest BCUT2D eigenvalue weighted by molar-refractivity contribution is 7.99. The van der Waals surface area contributed by atoms with Crippen molar-refractivity contribution in [3.05, 3.63) is 45.1 Å². The molecule has 0 spiro atoms. The summed E-state index contributed by atoms with van der Waals surface area (Å²) in [5.74, 6) is -0.155. The van der Waals surface area contributed by atoms with Crippen molar-refractivity contribution >= 4 is 56.5 Å². The van der Waals surface area contributed by atoms with Crippen molar-refractivity contribution in [2.45, 2.75) is 70.5 Å². The third kappa shape index (κ3) is 5.70. The second-order valence-corrected chi connectivity index (χ2v) is 10.6. The van der Waals surface area contributed by atoms with E-state index in [1.54, 1.807) is 40.2 Å². The maximum Gasteiger partial charge on any atom is 0.263 e. The maximum atomic E-state index is 13.5. The van der Waals surface area contributed by atoms with Crippen LogP contribution in [0, 0.1) is 0 Å². The average molecular weight is 499 g/mol. The third-order valence-corrected chi connectivity index (χ3v) is 8.01. The number of aromatic nitrogens is 2. The van der Waals surface area contributed by atoms with Crippen LogP contribution < -0.4 is 16.2 Å². The van der Waals surface area contributed by atoms with Gasteiger partial charge in [0, 0.05) is 29.7 Å². The molecule has 2 heterocycles. The maximum absolute atomic E-state index is 13.5. The molecule has 7 nitrogen and oxygen atoms in total. The fourth-order valence-corrected chi connectivity index (χ4v) is 6.36. The molecule has 0 saturated carbocycles. The van der Waals surface area contributed by atoms with Crippen LogP contribution in [0.3, 0.4) is 0 Å². The van der Waals surface area contributed by atoms with Crippen LogP contribution in [0.4, 0.5) is 11.4 Å². The average Bonchev–Trinajstić information content (AvgIpc) is 3.38. The lowest BCUT2D eigenvalue weighted by Gasteiger charge is -2.12. The van der Waals surface area contributed by atoms with Crippen LogP contribution in [0.25, 0.3) is 10.2 Å². The summed E-state index contributed by atoms with van der Waals surface area (Å²) in [4.78, 5) is 44.2. The Morgan fingerprint density at radius 3 is 2.53 bits per heavy atom. The van der Waals surface area contributed by atoms with Gasteiger partial charge in [0.15, 0.2) is 5.16 Å². The van der Waals surface area contributed by atoms with E-state index in [1.807, 2.05) is 0 Å². The smallest absolute Gasteiger partial charge is 0.263 e. The largest absolute Gasteiger partial charge is 0.326 e. The zero-order valence-electron chi connectivity index (χ0n) is 19.6. The van der Waals surface area contributed by atoms with Gasteiger partial charge in [0.2, 0.25) is 11.8 Å². The van der Waals surface area contributed by atoms with E-state index < -0.39 is 0 Å². The van der Waals surface area contributed by atoms with Gasteiger partial charge in [-0.1, -0.05) is 37.9 Å². The molecule has 3 aromatic rings. The van der Waals surface area contributed by atoms with Gasteiger partial charge in [-0.05, 0) is 55.5 Å². The highest BCUT2D eigenvalue weighted by atomic mass is 32.2. The van der Waals surface area contributed by atoms with Crippen molar-refractivity contribution in [2.75, 3.05) is 16.4 Å². The number of carbonyl (C=O) groups excluding carboxylic acids is 2. The van der Waals surface area contributed by atoms with Gasteiger partial charge < -0.3 is 10.6 Å². The van der Waals surface area contributed by atoms with Crippen molar-refractivity contribution in [3.8, 4) is 0 Å². The number of anilines is 2. The number of nitrogens with one attached hydrogen (secondary N) is 2. The van der Waals surface area contributed by atoms with Gasteiger partial charge in [-0.2, -0.15) is 0 Å². The minimum Gasteiger partial charge on any atom is -0.326 e. The van der Waals surface area contributed by atoms with E-state index >= 15 is 0 Å². The van der Waals surface area contributed by atoms with Crippen LogP contribution in [-0.4, -0.2) is 27.1 Å². The Labute approximate surface area is 207 Å². The Hall–Kier alpha value is -2.65. The van der Waals surface area contributed by atoms with Gasteiger partial charge in [-0.25, -0.2) is 4.98 Å². The predicted octanol–water partition coefficient (Wildman–Crippen LogP) is 5.22. The van der Waals surface area contributed by atoms with E-state index in [0.29, 0.717) is 23.1 Å². The van der Waals surface area contributed by atoms with Gasteiger partial charge in [-0.15, -0.1) is 11.3 Å². The van der Waals surface area contributed by atoms with Gasteiger partial charge in [-0.3, -0.25) is 19.0 Å². The van der Waals surface area contributed by atoms with Crippen molar-refractivity contribution in [1.29, 1.82) is 0 Å². The number of amides is 2. The van der Waals surface area contributed by atoms with Gasteiger partial charge >= 0.3 is 0 Å². The van der Waals surface area contributed by atoms with Crippen molar-refractivity contribution in [1.82, 2.24) is 9.55 Å². The molecule has 4 rings (SSSR count). The van der Waals surface area contributed by atoms with E-state index in [9.17, 15) is 14.4 Å². The number of hydrogen-bond donors (Lipinski definition) is 2. The number of thioether (sulfide) groups is 1. The van der Waals surface area contributed by atoms with Crippen molar-refractivity contribution < 1.29 is 9.59 Å². The number of unbranched alkanes of at least 4 members (excludes halogenated alkanes) is 3. The molecule has 9 heteroatoms. The van der Waals surface area contributed by atoms with Gasteiger partial charge in [0.1, 0.15) is 4.83 Å². The van der Waals surface area contributed by atoms with E-state index in [4.69, 9.17) is 4.98 Å². The molecule has 2 aromatic heterocycles. The lowest BCUT2D eigenvalue weighted by atomic mass is 10.2. The Morgan fingerprint density at radius 1 is 1.09 bits per heavy atom. The molecule has 0 saturated heterocycles. The molecule has 0 aliphatic heterocycles. The van der Waals surface area contributed by atoms with E-state index in [-0.39, 0.29) is 23.1 Å². The van der Waals surface area contributed by atoms with E-state index in [2.05, 4.69) is 17.6 Å². The first-order valence-electron chi connectivity index (χ1n) is 11.8. The van der Waals surface area contributed by atoms with E-state index in [0.717, 1.165) is 55.2 Å². The standard InChI is InChI=1S/C25H30N4O3S2/c1-3-4-5-6-14-29-24(32)22-19-8-7-9-20(19)34-23(22)28-25(29)33-15-21(31)27-18-12-10-17(11-13-18)26-16(2)30/h10-13H,3-9,14-15H2,1-2H3,(H,26,30)(H,27,31). The van der Waals surface area contributed by atoms with Crippen molar-refractivity contribution in [2.24, 2.45) is 0 Å². The summed E-state index contributed by atoms with van der Waals surface area (Å²) in [5, 5.41) is 6.98. The monoisotopic (exact) mass is 498 g/mol. The molecule has 1 aromatic carbocycles. The first-order valence-corrected chi connectivity index (χ1v) is 13.6. The summed E-state index contributed by atoms with van der Waals surface area (Å²) in [7, 11) is 0. The Morgan fingerprint density at radius 2 is 1.82 bits per heavy atom. The minimum atomic E-state index is -0.169. The molecule has 34 heavy (non-hydrogen) atoms. The lowest BCUT2D eigenvalue weighted by Crippen LogP contribution is -2.24. The Bertz CT molecular complexity index is 1250. The summed E-state index contributed by atoms with van der Waals surface area (Å²) in [6, 6.07) is 6.97. The number of fused-ring (bicyclic) bond motifs is 3. The van der Waals surface area contributed by atoms with Crippen LogP contribution >= 0.6 is 23.1 Å². The molecule has 1 aliphatic carbocycles. The summed E-state index contributed by atoms with van der Waals surface area (Å²) in [6.07, 6.45) is 7.36. The third-order valence-electron chi connectivity index (χ3n) is 5.85. The quantitative estimate of drug-likeness (QED) is 0.227. The molecule has 0 atom stereocenters. The highest BCUT2D eigenvalue weighted by Gasteiger charge is 2.23. The molecule has 180 valence electrons. The predicted molar refractivity (Wildman–Crippen MR) is 140 cm³/mol. The second-order valence-electron chi connectivity index (χ2n) is 8.54. The summed E-state index contributed by atoms with van der Waals surface area (Å²) in [5.41, 5.74) is 2.55. The minimum absolute atomic E-state index is 0.0392. The molecule has 2 amide bonds. The van der Waals surface area contributed by atoms with Crippen LogP contribution in [0.1, 0.15) is 56.4 Å². The second kappa shape index (κ2) is 11.2.